The van der Waals surface area contributed by atoms with Gasteiger partial charge in [0.05, 0.1) is 11.4 Å². The lowest BCUT2D eigenvalue weighted by atomic mass is 10.1. The van der Waals surface area contributed by atoms with Crippen LogP contribution in [-0.2, 0) is 27.8 Å². The number of halogens is 1. The highest BCUT2D eigenvalue weighted by molar-refractivity contribution is 7.89. The van der Waals surface area contributed by atoms with Crippen molar-refractivity contribution in [3.63, 3.8) is 0 Å². The molecule has 3 rings (SSSR count). The number of rotatable bonds is 8. The molecule has 0 radical (unpaired) electrons. The van der Waals surface area contributed by atoms with Crippen LogP contribution < -0.4 is 5.32 Å². The molecule has 1 N–H and O–H groups in total. The third-order valence-electron chi connectivity index (χ3n) is 5.80. The van der Waals surface area contributed by atoms with Crippen molar-refractivity contribution >= 4 is 33.2 Å². The minimum absolute atomic E-state index is 0.0497. The number of amides is 1. The quantitative estimate of drug-likeness (QED) is 0.416. The Labute approximate surface area is 207 Å². The summed E-state index contributed by atoms with van der Waals surface area (Å²) < 4.78 is 28.9. The summed E-state index contributed by atoms with van der Waals surface area (Å²) in [5.74, 6) is -0.385. The van der Waals surface area contributed by atoms with Gasteiger partial charge in [-0.05, 0) is 74.1 Å². The maximum absolute atomic E-state index is 13.9. The highest BCUT2D eigenvalue weighted by Crippen LogP contribution is 2.27. The molecule has 0 aromatic heterocycles. The van der Waals surface area contributed by atoms with Gasteiger partial charge >= 0.3 is 0 Å². The van der Waals surface area contributed by atoms with E-state index in [9.17, 15) is 13.2 Å². The fourth-order valence-corrected chi connectivity index (χ4v) is 6.19. The van der Waals surface area contributed by atoms with Crippen molar-refractivity contribution in [1.82, 2.24) is 4.31 Å². The summed E-state index contributed by atoms with van der Waals surface area (Å²) in [5, 5.41) is 3.51. The predicted octanol–water partition coefficient (Wildman–Crippen LogP) is 5.97. The van der Waals surface area contributed by atoms with Crippen molar-refractivity contribution in [2.24, 2.45) is 0 Å². The van der Waals surface area contributed by atoms with Crippen LogP contribution >= 0.6 is 11.6 Å². The van der Waals surface area contributed by atoms with Crippen molar-refractivity contribution in [2.45, 2.75) is 52.5 Å². The van der Waals surface area contributed by atoms with E-state index >= 15 is 0 Å². The zero-order chi connectivity index (χ0) is 25.0. The second-order valence-electron chi connectivity index (χ2n) is 8.64. The maximum atomic E-state index is 13.9. The molecule has 0 saturated heterocycles. The van der Waals surface area contributed by atoms with E-state index in [1.54, 1.807) is 38.1 Å². The van der Waals surface area contributed by atoms with Crippen LogP contribution in [0.5, 0.6) is 0 Å². The number of hydrogen-bond acceptors (Lipinski definition) is 3. The van der Waals surface area contributed by atoms with Crippen LogP contribution in [-0.4, -0.2) is 25.2 Å². The predicted molar refractivity (Wildman–Crippen MR) is 139 cm³/mol. The van der Waals surface area contributed by atoms with Gasteiger partial charge in [-0.25, -0.2) is 8.42 Å². The van der Waals surface area contributed by atoms with Crippen molar-refractivity contribution in [2.75, 3.05) is 11.9 Å². The highest BCUT2D eigenvalue weighted by atomic mass is 35.5. The van der Waals surface area contributed by atoms with E-state index in [-0.39, 0.29) is 23.9 Å². The molecule has 0 saturated carbocycles. The summed E-state index contributed by atoms with van der Waals surface area (Å²) in [5.41, 5.74) is 5.73. The molecule has 7 heteroatoms. The van der Waals surface area contributed by atoms with E-state index < -0.39 is 10.0 Å². The summed E-state index contributed by atoms with van der Waals surface area (Å²) in [6, 6.07) is 16.5. The lowest BCUT2D eigenvalue weighted by Crippen LogP contribution is -2.38. The zero-order valence-corrected chi connectivity index (χ0v) is 21.8. The normalized spacial score (nSPS) is 11.6. The number of nitrogens with zero attached hydrogens (tertiary/aromatic N) is 1. The third-order valence-corrected chi connectivity index (χ3v) is 8.15. The zero-order valence-electron chi connectivity index (χ0n) is 20.3. The van der Waals surface area contributed by atoms with Crippen LogP contribution in [0.25, 0.3) is 0 Å². The molecule has 0 atom stereocenters. The van der Waals surface area contributed by atoms with Crippen LogP contribution in [0, 0.1) is 27.7 Å². The third kappa shape index (κ3) is 5.87. The number of anilines is 1. The van der Waals surface area contributed by atoms with Crippen molar-refractivity contribution < 1.29 is 13.2 Å². The Morgan fingerprint density at radius 3 is 2.15 bits per heavy atom. The van der Waals surface area contributed by atoms with Crippen LogP contribution in [0.4, 0.5) is 5.69 Å². The summed E-state index contributed by atoms with van der Waals surface area (Å²) >= 11 is 6.01. The first kappa shape index (κ1) is 25.9. The van der Waals surface area contributed by atoms with Gasteiger partial charge in [0.1, 0.15) is 0 Å². The van der Waals surface area contributed by atoms with Gasteiger partial charge in [-0.15, -0.1) is 0 Å². The topological polar surface area (TPSA) is 66.5 Å². The number of hydrogen-bond donors (Lipinski definition) is 1. The largest absolute Gasteiger partial charge is 0.324 e. The fourth-order valence-electron chi connectivity index (χ4n) is 4.26. The van der Waals surface area contributed by atoms with E-state index in [0.29, 0.717) is 16.1 Å². The van der Waals surface area contributed by atoms with E-state index in [1.807, 2.05) is 51.1 Å². The molecule has 5 nitrogen and oxygen atoms in total. The summed E-state index contributed by atoms with van der Waals surface area (Å²) in [6.07, 6.45) is 0.756. The van der Waals surface area contributed by atoms with Crippen molar-refractivity contribution in [1.29, 1.82) is 0 Å². The van der Waals surface area contributed by atoms with Gasteiger partial charge < -0.3 is 5.32 Å². The van der Waals surface area contributed by atoms with E-state index in [0.717, 1.165) is 34.4 Å². The van der Waals surface area contributed by atoms with Crippen LogP contribution in [0.2, 0.25) is 5.02 Å². The first-order valence-corrected chi connectivity index (χ1v) is 13.1. The second-order valence-corrected chi connectivity index (χ2v) is 10.9. The molecule has 1 amide bonds. The molecule has 0 fully saturated rings. The lowest BCUT2D eigenvalue weighted by Gasteiger charge is -2.25. The Hall–Kier alpha value is -2.67. The van der Waals surface area contributed by atoms with Gasteiger partial charge in [0, 0.05) is 17.3 Å². The van der Waals surface area contributed by atoms with Crippen LogP contribution in [0.3, 0.4) is 0 Å². The monoisotopic (exact) mass is 498 g/mol. The minimum Gasteiger partial charge on any atom is -0.324 e. The average molecular weight is 499 g/mol. The van der Waals surface area contributed by atoms with Gasteiger partial charge in [0.25, 0.3) is 0 Å². The van der Waals surface area contributed by atoms with Gasteiger partial charge in [-0.3, -0.25) is 4.79 Å². The second kappa shape index (κ2) is 10.7. The number of nitrogens with one attached hydrogen (secondary N) is 1. The fraction of sp³-hybridized carbons (Fsp3) is 0.296. The number of benzene rings is 3. The van der Waals surface area contributed by atoms with E-state index in [4.69, 9.17) is 11.6 Å². The number of carbonyl (C=O) groups is 1. The molecule has 180 valence electrons. The molecule has 0 unspecified atom stereocenters. The Bertz CT molecular complexity index is 1280. The first-order chi connectivity index (χ1) is 16.0. The van der Waals surface area contributed by atoms with Gasteiger partial charge in [0.15, 0.2) is 0 Å². The molecular weight excluding hydrogens is 468 g/mol. The van der Waals surface area contributed by atoms with Crippen molar-refractivity contribution in [3.8, 4) is 0 Å². The van der Waals surface area contributed by atoms with Crippen LogP contribution in [0.15, 0.2) is 59.5 Å². The molecule has 0 aliphatic carbocycles. The molecule has 34 heavy (non-hydrogen) atoms. The van der Waals surface area contributed by atoms with E-state index in [2.05, 4.69) is 5.32 Å². The molecule has 0 aliphatic rings. The Morgan fingerprint density at radius 1 is 0.941 bits per heavy atom. The van der Waals surface area contributed by atoms with Crippen LogP contribution in [0.1, 0.15) is 40.3 Å². The summed E-state index contributed by atoms with van der Waals surface area (Å²) in [7, 11) is -3.96. The molecule has 0 aliphatic heterocycles. The summed E-state index contributed by atoms with van der Waals surface area (Å²) in [6.45, 7) is 9.19. The number of carbonyl (C=O) groups excluding carboxylic acids is 1. The maximum Gasteiger partial charge on any atom is 0.244 e. The minimum atomic E-state index is -3.96. The molecule has 3 aromatic rings. The average Bonchev–Trinajstić information content (AvgIpc) is 2.75. The number of aryl methyl sites for hydroxylation is 5. The number of sulfonamides is 1. The molecule has 0 spiro atoms. The standard InChI is InChI=1S/C27H31ClN2O3S/c1-6-23-9-7-8-19(3)26(23)29-25(31)17-30(16-22-10-12-24(28)13-11-22)34(32,33)27-20(4)14-18(2)15-21(27)5/h7-15H,6,16-17H2,1-5H3,(H,29,31). The molecular formula is C27H31ClN2O3S. The summed E-state index contributed by atoms with van der Waals surface area (Å²) in [4.78, 5) is 13.4. The van der Waals surface area contributed by atoms with Crippen molar-refractivity contribution in [3.05, 3.63) is 93.0 Å². The smallest absolute Gasteiger partial charge is 0.244 e. The molecule has 0 heterocycles. The molecule has 0 bridgehead atoms. The first-order valence-electron chi connectivity index (χ1n) is 11.2. The number of para-hydroxylation sites is 1. The Balaban J connectivity index is 1.99. The van der Waals surface area contributed by atoms with Gasteiger partial charge in [0.2, 0.25) is 15.9 Å². The SMILES string of the molecule is CCc1cccc(C)c1NC(=O)CN(Cc1ccc(Cl)cc1)S(=O)(=O)c1c(C)cc(C)cc1C. The Morgan fingerprint density at radius 2 is 1.56 bits per heavy atom. The van der Waals surface area contributed by atoms with E-state index in [1.165, 1.54) is 4.31 Å². The highest BCUT2D eigenvalue weighted by Gasteiger charge is 2.30. The van der Waals surface area contributed by atoms with Gasteiger partial charge in [-0.2, -0.15) is 4.31 Å². The van der Waals surface area contributed by atoms with Gasteiger partial charge in [-0.1, -0.05) is 66.6 Å². The Kier molecular flexibility index (Phi) is 8.18. The lowest BCUT2D eigenvalue weighted by molar-refractivity contribution is -0.116. The molecule has 3 aromatic carbocycles.